The number of benzene rings is 1. The lowest BCUT2D eigenvalue weighted by Gasteiger charge is -2.23. The Morgan fingerprint density at radius 3 is 3.06 bits per heavy atom. The molecular formula is C13H15ClFNO2. The number of ether oxygens (including phenoxy) is 1. The maximum Gasteiger partial charge on any atom is 0.142 e. The van der Waals surface area contributed by atoms with E-state index in [1.165, 1.54) is 12.1 Å². The Labute approximate surface area is 110 Å². The minimum atomic E-state index is -0.485. The van der Waals surface area contributed by atoms with Crippen molar-refractivity contribution in [1.82, 2.24) is 5.32 Å². The van der Waals surface area contributed by atoms with Crippen LogP contribution in [0.1, 0.15) is 12.0 Å². The van der Waals surface area contributed by atoms with Crippen LogP contribution in [0, 0.1) is 5.82 Å². The van der Waals surface area contributed by atoms with Crippen LogP contribution in [0.4, 0.5) is 4.39 Å². The topological polar surface area (TPSA) is 38.3 Å². The summed E-state index contributed by atoms with van der Waals surface area (Å²) in [4.78, 5) is 11.8. The molecule has 0 saturated carbocycles. The quantitative estimate of drug-likeness (QED) is 0.910. The first-order valence-corrected chi connectivity index (χ1v) is 6.29. The zero-order valence-corrected chi connectivity index (χ0v) is 10.7. The lowest BCUT2D eigenvalue weighted by Crippen LogP contribution is -2.42. The molecule has 1 aliphatic rings. The number of Topliss-reactive ketones (excluding diaryl/α,β-unsaturated/α-hetero) is 1. The van der Waals surface area contributed by atoms with E-state index in [4.69, 9.17) is 16.3 Å². The molecule has 1 aromatic carbocycles. The molecule has 5 heteroatoms. The summed E-state index contributed by atoms with van der Waals surface area (Å²) in [6, 6.07) is 4.53. The van der Waals surface area contributed by atoms with Gasteiger partial charge in [0.15, 0.2) is 0 Å². The summed E-state index contributed by atoms with van der Waals surface area (Å²) < 4.78 is 18.5. The van der Waals surface area contributed by atoms with Crippen LogP contribution in [0.5, 0.6) is 0 Å². The highest BCUT2D eigenvalue weighted by atomic mass is 35.5. The van der Waals surface area contributed by atoms with Crippen molar-refractivity contribution in [2.75, 3.05) is 19.8 Å². The van der Waals surface area contributed by atoms with E-state index in [-0.39, 0.29) is 23.3 Å². The fourth-order valence-corrected chi connectivity index (χ4v) is 2.09. The molecule has 2 rings (SSSR count). The largest absolute Gasteiger partial charge is 0.379 e. The highest BCUT2D eigenvalue weighted by molar-refractivity contribution is 6.30. The average molecular weight is 272 g/mol. The summed E-state index contributed by atoms with van der Waals surface area (Å²) in [5, 5.41) is 3.29. The van der Waals surface area contributed by atoms with Crippen LogP contribution >= 0.6 is 11.6 Å². The first-order chi connectivity index (χ1) is 8.65. The van der Waals surface area contributed by atoms with Gasteiger partial charge in [0.2, 0.25) is 0 Å². The van der Waals surface area contributed by atoms with E-state index in [1.54, 1.807) is 6.07 Å². The molecule has 0 bridgehead atoms. The normalized spacial score (nSPS) is 19.8. The van der Waals surface area contributed by atoms with Gasteiger partial charge in [-0.2, -0.15) is 0 Å². The molecule has 1 atom stereocenters. The smallest absolute Gasteiger partial charge is 0.142 e. The van der Waals surface area contributed by atoms with Gasteiger partial charge >= 0.3 is 0 Å². The molecule has 3 nitrogen and oxygen atoms in total. The van der Waals surface area contributed by atoms with Gasteiger partial charge in [-0.05, 0) is 17.7 Å². The Kier molecular flexibility index (Phi) is 4.69. The van der Waals surface area contributed by atoms with Crippen molar-refractivity contribution in [3.63, 3.8) is 0 Å². The van der Waals surface area contributed by atoms with Crippen LogP contribution in [0.3, 0.4) is 0 Å². The van der Waals surface area contributed by atoms with Gasteiger partial charge in [-0.15, -0.1) is 0 Å². The maximum atomic E-state index is 13.2. The van der Waals surface area contributed by atoms with Gasteiger partial charge in [0.1, 0.15) is 11.6 Å². The van der Waals surface area contributed by atoms with Crippen LogP contribution in [0.15, 0.2) is 18.2 Å². The average Bonchev–Trinajstić information content (AvgIpc) is 2.35. The lowest BCUT2D eigenvalue weighted by molar-refractivity contribution is -0.119. The standard InChI is InChI=1S/C13H15ClFNO2/c14-12-2-1-9(6-13(12)15)5-11(17)7-10-8-18-4-3-16-10/h1-2,6,10,16H,3-5,7-8H2. The van der Waals surface area contributed by atoms with Crippen molar-refractivity contribution in [2.24, 2.45) is 0 Å². The summed E-state index contributed by atoms with van der Waals surface area (Å²) in [5.41, 5.74) is 0.652. The Morgan fingerprint density at radius 2 is 2.39 bits per heavy atom. The van der Waals surface area contributed by atoms with Gasteiger partial charge in [0.25, 0.3) is 0 Å². The van der Waals surface area contributed by atoms with Crippen LogP contribution < -0.4 is 5.32 Å². The number of hydrogen-bond acceptors (Lipinski definition) is 3. The van der Waals surface area contributed by atoms with E-state index in [1.807, 2.05) is 0 Å². The fraction of sp³-hybridized carbons (Fsp3) is 0.462. The number of carbonyl (C=O) groups is 1. The number of hydrogen-bond donors (Lipinski definition) is 1. The summed E-state index contributed by atoms with van der Waals surface area (Å²) in [5.74, 6) is -0.416. The molecule has 0 amide bonds. The lowest BCUT2D eigenvalue weighted by atomic mass is 10.0. The summed E-state index contributed by atoms with van der Waals surface area (Å²) in [6.45, 7) is 2.02. The van der Waals surface area contributed by atoms with Crippen molar-refractivity contribution >= 4 is 17.4 Å². The maximum absolute atomic E-state index is 13.2. The van der Waals surface area contributed by atoms with Crippen LogP contribution in [0.2, 0.25) is 5.02 Å². The molecule has 0 aromatic heterocycles. The first kappa shape index (κ1) is 13.5. The molecule has 1 fully saturated rings. The summed E-state index contributed by atoms with van der Waals surface area (Å²) in [7, 11) is 0. The zero-order valence-electron chi connectivity index (χ0n) is 9.92. The fourth-order valence-electron chi connectivity index (χ4n) is 1.98. The van der Waals surface area contributed by atoms with E-state index in [9.17, 15) is 9.18 Å². The van der Waals surface area contributed by atoms with E-state index >= 15 is 0 Å². The molecule has 1 saturated heterocycles. The van der Waals surface area contributed by atoms with Crippen molar-refractivity contribution in [1.29, 1.82) is 0 Å². The number of rotatable bonds is 4. The van der Waals surface area contributed by atoms with Gasteiger partial charge in [0, 0.05) is 25.4 Å². The SMILES string of the molecule is O=C(Cc1ccc(Cl)c(F)c1)CC1COCCN1. The highest BCUT2D eigenvalue weighted by Crippen LogP contribution is 2.16. The van der Waals surface area contributed by atoms with E-state index in [2.05, 4.69) is 5.32 Å². The molecule has 18 heavy (non-hydrogen) atoms. The summed E-state index contributed by atoms with van der Waals surface area (Å²) >= 11 is 5.59. The second-order valence-corrected chi connectivity index (χ2v) is 4.80. The third kappa shape index (κ3) is 3.77. The first-order valence-electron chi connectivity index (χ1n) is 5.92. The Bertz CT molecular complexity index is 433. The molecule has 98 valence electrons. The number of carbonyl (C=O) groups excluding carboxylic acids is 1. The zero-order chi connectivity index (χ0) is 13.0. The molecule has 1 aromatic rings. The number of morpholine rings is 1. The number of nitrogens with one attached hydrogen (secondary N) is 1. The predicted octanol–water partition coefficient (Wildman–Crippen LogP) is 1.97. The van der Waals surface area contributed by atoms with Crippen molar-refractivity contribution < 1.29 is 13.9 Å². The van der Waals surface area contributed by atoms with Gasteiger partial charge < -0.3 is 10.1 Å². The monoisotopic (exact) mass is 271 g/mol. The third-order valence-electron chi connectivity index (χ3n) is 2.86. The summed E-state index contributed by atoms with van der Waals surface area (Å²) in [6.07, 6.45) is 0.635. The van der Waals surface area contributed by atoms with E-state index in [0.717, 1.165) is 6.54 Å². The van der Waals surface area contributed by atoms with Gasteiger partial charge in [0.05, 0.1) is 18.2 Å². The predicted molar refractivity (Wildman–Crippen MR) is 67.3 cm³/mol. The molecule has 1 N–H and O–H groups in total. The molecule has 0 radical (unpaired) electrons. The number of ketones is 1. The molecule has 1 aliphatic heterocycles. The van der Waals surface area contributed by atoms with Crippen LogP contribution in [-0.2, 0) is 16.0 Å². The minimum Gasteiger partial charge on any atom is -0.379 e. The molecule has 0 aliphatic carbocycles. The van der Waals surface area contributed by atoms with Gasteiger partial charge in [-0.25, -0.2) is 4.39 Å². The number of halogens is 2. The Balaban J connectivity index is 1.88. The van der Waals surface area contributed by atoms with Crippen molar-refractivity contribution in [2.45, 2.75) is 18.9 Å². The minimum absolute atomic E-state index is 0.0692. The van der Waals surface area contributed by atoms with Gasteiger partial charge in [-0.1, -0.05) is 17.7 Å². The molecule has 1 heterocycles. The van der Waals surface area contributed by atoms with E-state index in [0.29, 0.717) is 25.2 Å². The van der Waals surface area contributed by atoms with Crippen molar-refractivity contribution in [3.05, 3.63) is 34.6 Å². The van der Waals surface area contributed by atoms with Crippen molar-refractivity contribution in [3.8, 4) is 0 Å². The van der Waals surface area contributed by atoms with Gasteiger partial charge in [-0.3, -0.25) is 4.79 Å². The molecular weight excluding hydrogens is 257 g/mol. The Morgan fingerprint density at radius 1 is 1.56 bits per heavy atom. The Hall–Kier alpha value is -0.970. The third-order valence-corrected chi connectivity index (χ3v) is 3.16. The highest BCUT2D eigenvalue weighted by Gasteiger charge is 2.17. The second kappa shape index (κ2) is 6.27. The second-order valence-electron chi connectivity index (χ2n) is 4.39. The van der Waals surface area contributed by atoms with E-state index < -0.39 is 5.82 Å². The molecule has 1 unspecified atom stereocenters. The van der Waals surface area contributed by atoms with Crippen LogP contribution in [-0.4, -0.2) is 31.6 Å². The molecule has 0 spiro atoms. The van der Waals surface area contributed by atoms with Crippen LogP contribution in [0.25, 0.3) is 0 Å².